The van der Waals surface area contributed by atoms with Gasteiger partial charge in [0, 0.05) is 16.3 Å². The molecule has 3 aromatic rings. The Morgan fingerprint density at radius 1 is 1.29 bits per heavy atom. The highest BCUT2D eigenvalue weighted by Crippen LogP contribution is 2.28. The summed E-state index contributed by atoms with van der Waals surface area (Å²) < 4.78 is 0. The molecule has 0 aliphatic heterocycles. The van der Waals surface area contributed by atoms with E-state index in [1.54, 1.807) is 29.5 Å². The number of carbonyl (C=O) groups excluding carboxylic acids is 1. The molecular formula is C17H17N3O3S. The standard InChI is InChI=1S/C17H17N3O3S/c1-10(2)15(14-7-4-8-24-14)19-17(21)12-9-11-5-3-6-13(20(22)23)16(11)18-12/h3-10,15,18H,1-2H3,(H,19,21)/t15-/m0/s1. The van der Waals surface area contributed by atoms with Gasteiger partial charge in [-0.3, -0.25) is 14.9 Å². The summed E-state index contributed by atoms with van der Waals surface area (Å²) in [7, 11) is 0. The number of hydrogen-bond acceptors (Lipinski definition) is 4. The van der Waals surface area contributed by atoms with Gasteiger partial charge < -0.3 is 10.3 Å². The van der Waals surface area contributed by atoms with Crippen molar-refractivity contribution in [2.24, 2.45) is 5.92 Å². The Balaban J connectivity index is 1.91. The van der Waals surface area contributed by atoms with Gasteiger partial charge in [0.25, 0.3) is 11.6 Å². The third-order valence-corrected chi connectivity index (χ3v) is 4.83. The maximum Gasteiger partial charge on any atom is 0.293 e. The van der Waals surface area contributed by atoms with Crippen LogP contribution in [0.2, 0.25) is 0 Å². The van der Waals surface area contributed by atoms with Gasteiger partial charge in [0.05, 0.1) is 11.0 Å². The van der Waals surface area contributed by atoms with Crippen molar-refractivity contribution >= 4 is 33.8 Å². The van der Waals surface area contributed by atoms with Gasteiger partial charge in [-0.2, -0.15) is 0 Å². The minimum absolute atomic E-state index is 0.0368. The lowest BCUT2D eigenvalue weighted by Gasteiger charge is -2.20. The van der Waals surface area contributed by atoms with Crippen LogP contribution in [0.25, 0.3) is 10.9 Å². The average molecular weight is 343 g/mol. The van der Waals surface area contributed by atoms with Gasteiger partial charge in [-0.15, -0.1) is 11.3 Å². The molecule has 0 fully saturated rings. The second-order valence-corrected chi connectivity index (χ2v) is 6.87. The number of aromatic nitrogens is 1. The number of benzene rings is 1. The fourth-order valence-corrected chi connectivity index (χ4v) is 3.62. The number of thiophene rings is 1. The minimum Gasteiger partial charge on any atom is -0.345 e. The molecule has 0 spiro atoms. The summed E-state index contributed by atoms with van der Waals surface area (Å²) in [6.07, 6.45) is 0. The van der Waals surface area contributed by atoms with Gasteiger partial charge in [-0.25, -0.2) is 0 Å². The Labute approximate surface area is 142 Å². The molecule has 124 valence electrons. The van der Waals surface area contributed by atoms with Crippen molar-refractivity contribution in [1.29, 1.82) is 0 Å². The first-order valence-electron chi connectivity index (χ1n) is 7.57. The number of rotatable bonds is 5. The van der Waals surface area contributed by atoms with Crippen molar-refractivity contribution in [3.05, 3.63) is 62.5 Å². The lowest BCUT2D eigenvalue weighted by Crippen LogP contribution is -2.31. The Hall–Kier alpha value is -2.67. The summed E-state index contributed by atoms with van der Waals surface area (Å²) >= 11 is 1.59. The Bertz CT molecular complexity index is 884. The number of para-hydroxylation sites is 1. The largest absolute Gasteiger partial charge is 0.345 e. The van der Waals surface area contributed by atoms with Gasteiger partial charge >= 0.3 is 0 Å². The molecule has 2 N–H and O–H groups in total. The molecule has 1 aromatic carbocycles. The zero-order valence-electron chi connectivity index (χ0n) is 13.3. The van der Waals surface area contributed by atoms with Crippen LogP contribution in [-0.4, -0.2) is 15.8 Å². The summed E-state index contributed by atoms with van der Waals surface area (Å²) in [4.78, 5) is 27.2. The van der Waals surface area contributed by atoms with Crippen LogP contribution < -0.4 is 5.32 Å². The highest BCUT2D eigenvalue weighted by Gasteiger charge is 2.22. The molecule has 1 atom stereocenters. The molecule has 24 heavy (non-hydrogen) atoms. The van der Waals surface area contributed by atoms with E-state index in [-0.39, 0.29) is 23.6 Å². The van der Waals surface area contributed by atoms with E-state index in [1.165, 1.54) is 6.07 Å². The quantitative estimate of drug-likeness (QED) is 0.536. The third kappa shape index (κ3) is 3.03. The lowest BCUT2D eigenvalue weighted by molar-refractivity contribution is -0.383. The second-order valence-electron chi connectivity index (χ2n) is 5.89. The molecule has 1 amide bonds. The van der Waals surface area contributed by atoms with Crippen LogP contribution in [0.1, 0.15) is 35.3 Å². The maximum absolute atomic E-state index is 12.6. The van der Waals surface area contributed by atoms with Crippen molar-refractivity contribution in [3.63, 3.8) is 0 Å². The minimum atomic E-state index is -0.455. The SMILES string of the molecule is CC(C)[C@H](NC(=O)c1cc2cccc([N+](=O)[O-])c2[nH]1)c1cccs1. The van der Waals surface area contributed by atoms with Crippen LogP contribution in [0.4, 0.5) is 5.69 Å². The molecule has 2 heterocycles. The average Bonchev–Trinajstić information content (AvgIpc) is 3.20. The van der Waals surface area contributed by atoms with Gasteiger partial charge in [-0.1, -0.05) is 32.0 Å². The fourth-order valence-electron chi connectivity index (χ4n) is 2.67. The summed E-state index contributed by atoms with van der Waals surface area (Å²) in [5.74, 6) is -0.0427. The van der Waals surface area contributed by atoms with Crippen molar-refractivity contribution in [3.8, 4) is 0 Å². The normalized spacial score (nSPS) is 12.5. The molecule has 0 saturated carbocycles. The lowest BCUT2D eigenvalue weighted by atomic mass is 10.0. The summed E-state index contributed by atoms with van der Waals surface area (Å²) in [6.45, 7) is 4.08. The molecule has 0 bridgehead atoms. The van der Waals surface area contributed by atoms with Crippen molar-refractivity contribution in [1.82, 2.24) is 10.3 Å². The molecule has 0 aliphatic rings. The third-order valence-electron chi connectivity index (χ3n) is 3.88. The monoisotopic (exact) mass is 343 g/mol. The van der Waals surface area contributed by atoms with Crippen molar-refractivity contribution in [2.45, 2.75) is 19.9 Å². The molecule has 0 aliphatic carbocycles. The molecule has 0 saturated heterocycles. The number of nitro benzene ring substituents is 1. The highest BCUT2D eigenvalue weighted by atomic mass is 32.1. The van der Waals surface area contributed by atoms with E-state index in [1.807, 2.05) is 31.4 Å². The van der Waals surface area contributed by atoms with Crippen molar-refractivity contribution < 1.29 is 9.72 Å². The van der Waals surface area contributed by atoms with E-state index < -0.39 is 4.92 Å². The number of nitrogens with zero attached hydrogens (tertiary/aromatic N) is 1. The van der Waals surface area contributed by atoms with Gasteiger partial charge in [0.1, 0.15) is 11.2 Å². The zero-order chi connectivity index (χ0) is 17.3. The Kier molecular flexibility index (Phi) is 4.35. The maximum atomic E-state index is 12.6. The number of hydrogen-bond donors (Lipinski definition) is 2. The van der Waals surface area contributed by atoms with Crippen LogP contribution >= 0.6 is 11.3 Å². The number of nitro groups is 1. The fraction of sp³-hybridized carbons (Fsp3) is 0.235. The summed E-state index contributed by atoms with van der Waals surface area (Å²) in [5, 5.41) is 16.7. The predicted octanol–water partition coefficient (Wildman–Crippen LogP) is 4.26. The van der Waals surface area contributed by atoms with Gasteiger partial charge in [-0.05, 0) is 23.4 Å². The molecule has 7 heteroatoms. The van der Waals surface area contributed by atoms with Gasteiger partial charge in [0.15, 0.2) is 0 Å². The number of H-pyrrole nitrogens is 1. The second kappa shape index (κ2) is 6.45. The molecule has 3 rings (SSSR count). The first-order valence-corrected chi connectivity index (χ1v) is 8.45. The molecular weight excluding hydrogens is 326 g/mol. The number of non-ortho nitro benzene ring substituents is 1. The van der Waals surface area contributed by atoms with E-state index in [4.69, 9.17) is 0 Å². The van der Waals surface area contributed by atoms with E-state index in [0.717, 1.165) is 4.88 Å². The molecule has 6 nitrogen and oxygen atoms in total. The number of fused-ring (bicyclic) bond motifs is 1. The van der Waals surface area contributed by atoms with Crippen LogP contribution in [0.3, 0.4) is 0 Å². The first-order chi connectivity index (χ1) is 11.5. The molecule has 2 aromatic heterocycles. The van der Waals surface area contributed by atoms with E-state index in [2.05, 4.69) is 10.3 Å². The first kappa shape index (κ1) is 16.2. The number of amides is 1. The zero-order valence-corrected chi connectivity index (χ0v) is 14.1. The Morgan fingerprint density at radius 2 is 2.08 bits per heavy atom. The Morgan fingerprint density at radius 3 is 2.71 bits per heavy atom. The van der Waals surface area contributed by atoms with E-state index in [9.17, 15) is 14.9 Å². The highest BCUT2D eigenvalue weighted by molar-refractivity contribution is 7.10. The molecule has 0 unspecified atom stereocenters. The van der Waals surface area contributed by atoms with E-state index >= 15 is 0 Å². The van der Waals surface area contributed by atoms with Crippen LogP contribution in [0.5, 0.6) is 0 Å². The van der Waals surface area contributed by atoms with Gasteiger partial charge in [0.2, 0.25) is 0 Å². The van der Waals surface area contributed by atoms with E-state index in [0.29, 0.717) is 16.6 Å². The van der Waals surface area contributed by atoms with Crippen LogP contribution in [0.15, 0.2) is 41.8 Å². The number of nitrogens with one attached hydrogen (secondary N) is 2. The van der Waals surface area contributed by atoms with Crippen molar-refractivity contribution in [2.75, 3.05) is 0 Å². The smallest absolute Gasteiger partial charge is 0.293 e. The summed E-state index contributed by atoms with van der Waals surface area (Å²) in [6, 6.07) is 10.3. The van der Waals surface area contributed by atoms with Crippen LogP contribution in [-0.2, 0) is 0 Å². The molecule has 0 radical (unpaired) electrons. The predicted molar refractivity (Wildman–Crippen MR) is 94.3 cm³/mol. The summed E-state index contributed by atoms with van der Waals surface area (Å²) in [5.41, 5.74) is 0.650. The number of carbonyl (C=O) groups is 1. The van der Waals surface area contributed by atoms with Crippen LogP contribution in [0, 0.1) is 16.0 Å². The topological polar surface area (TPSA) is 88.0 Å². The number of aromatic amines is 1.